The standard InChI is InChI=1S/C15H11BrFN3O2/c16-10-3-1-2-4-11(10)18-14(21)8-20-13-6-5-9(17)7-12(13)19-15(20)22/h1-7H,8H2,(H,18,21)(H,19,22). The molecule has 1 amide bonds. The van der Waals surface area contributed by atoms with E-state index in [0.29, 0.717) is 16.7 Å². The topological polar surface area (TPSA) is 66.9 Å². The Kier molecular flexibility index (Phi) is 3.81. The quantitative estimate of drug-likeness (QED) is 0.751. The molecule has 0 bridgehead atoms. The van der Waals surface area contributed by atoms with E-state index in [2.05, 4.69) is 26.2 Å². The number of rotatable bonds is 3. The van der Waals surface area contributed by atoms with Crippen molar-refractivity contribution in [1.29, 1.82) is 0 Å². The number of para-hydroxylation sites is 1. The number of anilines is 1. The Hall–Kier alpha value is -2.41. The molecule has 3 aromatic rings. The molecule has 3 rings (SSSR count). The molecule has 0 aliphatic rings. The van der Waals surface area contributed by atoms with E-state index in [1.807, 2.05) is 6.07 Å². The minimum atomic E-state index is -0.456. The molecule has 2 aromatic carbocycles. The Morgan fingerprint density at radius 2 is 2.05 bits per heavy atom. The van der Waals surface area contributed by atoms with Crippen LogP contribution >= 0.6 is 15.9 Å². The minimum Gasteiger partial charge on any atom is -0.324 e. The number of nitrogens with zero attached hydrogens (tertiary/aromatic N) is 1. The van der Waals surface area contributed by atoms with E-state index in [4.69, 9.17) is 0 Å². The fraction of sp³-hybridized carbons (Fsp3) is 0.0667. The number of halogens is 2. The van der Waals surface area contributed by atoms with Crippen molar-refractivity contribution >= 4 is 38.6 Å². The largest absolute Gasteiger partial charge is 0.326 e. The van der Waals surface area contributed by atoms with Gasteiger partial charge in [0.25, 0.3) is 0 Å². The van der Waals surface area contributed by atoms with Gasteiger partial charge in [-0.05, 0) is 46.3 Å². The van der Waals surface area contributed by atoms with Gasteiger partial charge in [-0.2, -0.15) is 0 Å². The zero-order valence-corrected chi connectivity index (χ0v) is 12.9. The Bertz CT molecular complexity index is 917. The van der Waals surface area contributed by atoms with Gasteiger partial charge >= 0.3 is 5.69 Å². The van der Waals surface area contributed by atoms with E-state index < -0.39 is 11.5 Å². The molecule has 1 aromatic heterocycles. The zero-order chi connectivity index (χ0) is 15.7. The first kappa shape index (κ1) is 14.5. The first-order chi connectivity index (χ1) is 10.5. The molecule has 0 saturated heterocycles. The highest BCUT2D eigenvalue weighted by atomic mass is 79.9. The number of carbonyl (C=O) groups excluding carboxylic acids is 1. The Morgan fingerprint density at radius 1 is 1.27 bits per heavy atom. The molecule has 0 aliphatic heterocycles. The Balaban J connectivity index is 1.87. The summed E-state index contributed by atoms with van der Waals surface area (Å²) in [5.74, 6) is -0.794. The highest BCUT2D eigenvalue weighted by molar-refractivity contribution is 9.10. The lowest BCUT2D eigenvalue weighted by Gasteiger charge is -2.07. The van der Waals surface area contributed by atoms with Crippen LogP contribution < -0.4 is 11.0 Å². The van der Waals surface area contributed by atoms with Crippen molar-refractivity contribution in [2.24, 2.45) is 0 Å². The maximum Gasteiger partial charge on any atom is 0.326 e. The molecule has 0 fully saturated rings. The molecule has 0 aliphatic carbocycles. The second-order valence-corrected chi connectivity index (χ2v) is 5.56. The molecular formula is C15H11BrFN3O2. The molecule has 0 radical (unpaired) electrons. The number of aromatic nitrogens is 2. The van der Waals surface area contributed by atoms with Gasteiger partial charge in [-0.25, -0.2) is 9.18 Å². The summed E-state index contributed by atoms with van der Waals surface area (Å²) in [5.41, 5.74) is 1.00. The van der Waals surface area contributed by atoms with Crippen molar-refractivity contribution in [3.63, 3.8) is 0 Å². The van der Waals surface area contributed by atoms with E-state index in [9.17, 15) is 14.0 Å². The highest BCUT2D eigenvalue weighted by Crippen LogP contribution is 2.21. The fourth-order valence-electron chi connectivity index (χ4n) is 2.19. The lowest BCUT2D eigenvalue weighted by Crippen LogP contribution is -2.25. The molecule has 0 unspecified atom stereocenters. The van der Waals surface area contributed by atoms with Gasteiger partial charge in [-0.15, -0.1) is 0 Å². The molecule has 7 heteroatoms. The maximum absolute atomic E-state index is 13.2. The fourth-order valence-corrected chi connectivity index (χ4v) is 2.57. The smallest absolute Gasteiger partial charge is 0.324 e. The molecule has 2 N–H and O–H groups in total. The zero-order valence-electron chi connectivity index (χ0n) is 11.3. The van der Waals surface area contributed by atoms with E-state index in [1.54, 1.807) is 18.2 Å². The molecule has 1 heterocycles. The van der Waals surface area contributed by atoms with Crippen LogP contribution in [0.3, 0.4) is 0 Å². The van der Waals surface area contributed by atoms with E-state index >= 15 is 0 Å². The summed E-state index contributed by atoms with van der Waals surface area (Å²) >= 11 is 3.33. The van der Waals surface area contributed by atoms with Gasteiger partial charge in [-0.1, -0.05) is 12.1 Å². The summed E-state index contributed by atoms with van der Waals surface area (Å²) in [6.45, 7) is -0.161. The average molecular weight is 364 g/mol. The van der Waals surface area contributed by atoms with Gasteiger partial charge in [-0.3, -0.25) is 9.36 Å². The van der Waals surface area contributed by atoms with E-state index in [0.717, 1.165) is 4.47 Å². The number of fused-ring (bicyclic) bond motifs is 1. The summed E-state index contributed by atoms with van der Waals surface area (Å²) in [6.07, 6.45) is 0. The Labute approximate surface area is 132 Å². The number of benzene rings is 2. The molecule has 0 saturated carbocycles. The van der Waals surface area contributed by atoms with Crippen LogP contribution in [0.25, 0.3) is 11.0 Å². The number of imidazole rings is 1. The van der Waals surface area contributed by atoms with Gasteiger partial charge in [0.1, 0.15) is 12.4 Å². The highest BCUT2D eigenvalue weighted by Gasteiger charge is 2.12. The van der Waals surface area contributed by atoms with Crippen molar-refractivity contribution in [2.45, 2.75) is 6.54 Å². The second kappa shape index (κ2) is 5.76. The monoisotopic (exact) mass is 363 g/mol. The minimum absolute atomic E-state index is 0.161. The average Bonchev–Trinajstić information content (AvgIpc) is 2.77. The summed E-state index contributed by atoms with van der Waals surface area (Å²) in [5, 5.41) is 2.72. The normalized spacial score (nSPS) is 10.8. The third-order valence-electron chi connectivity index (χ3n) is 3.19. The molecule has 0 atom stereocenters. The van der Waals surface area contributed by atoms with Crippen LogP contribution in [0.15, 0.2) is 51.7 Å². The second-order valence-electron chi connectivity index (χ2n) is 4.71. The predicted octanol–water partition coefficient (Wildman–Crippen LogP) is 2.87. The molecule has 0 spiro atoms. The Morgan fingerprint density at radius 3 is 2.82 bits per heavy atom. The van der Waals surface area contributed by atoms with Crippen LogP contribution in [-0.4, -0.2) is 15.5 Å². The van der Waals surface area contributed by atoms with Crippen LogP contribution in [0.2, 0.25) is 0 Å². The van der Waals surface area contributed by atoms with Crippen molar-refractivity contribution in [3.05, 3.63) is 63.2 Å². The number of aromatic amines is 1. The number of hydrogen-bond acceptors (Lipinski definition) is 2. The third kappa shape index (κ3) is 2.80. The van der Waals surface area contributed by atoms with Crippen LogP contribution in [0.4, 0.5) is 10.1 Å². The number of amides is 1. The van der Waals surface area contributed by atoms with Gasteiger partial charge in [0, 0.05) is 4.47 Å². The number of carbonyl (C=O) groups is 1. The van der Waals surface area contributed by atoms with Gasteiger partial charge < -0.3 is 10.3 Å². The van der Waals surface area contributed by atoms with Crippen LogP contribution in [0.1, 0.15) is 0 Å². The van der Waals surface area contributed by atoms with Crippen LogP contribution in [0, 0.1) is 5.82 Å². The van der Waals surface area contributed by atoms with Gasteiger partial charge in [0.05, 0.1) is 16.7 Å². The molecule has 5 nitrogen and oxygen atoms in total. The summed E-state index contributed by atoms with van der Waals surface area (Å²) in [6, 6.07) is 11.1. The first-order valence-corrected chi connectivity index (χ1v) is 7.26. The van der Waals surface area contributed by atoms with E-state index in [1.165, 1.54) is 22.8 Å². The summed E-state index contributed by atoms with van der Waals surface area (Å²) in [4.78, 5) is 26.5. The first-order valence-electron chi connectivity index (χ1n) is 6.47. The van der Waals surface area contributed by atoms with Gasteiger partial charge in [0.15, 0.2) is 0 Å². The lowest BCUT2D eigenvalue weighted by atomic mass is 10.3. The lowest BCUT2D eigenvalue weighted by molar-refractivity contribution is -0.116. The van der Waals surface area contributed by atoms with Crippen molar-refractivity contribution in [2.75, 3.05) is 5.32 Å². The number of H-pyrrole nitrogens is 1. The van der Waals surface area contributed by atoms with E-state index in [-0.39, 0.29) is 12.5 Å². The van der Waals surface area contributed by atoms with Crippen molar-refractivity contribution in [3.8, 4) is 0 Å². The number of hydrogen-bond donors (Lipinski definition) is 2. The van der Waals surface area contributed by atoms with Crippen molar-refractivity contribution in [1.82, 2.24) is 9.55 Å². The van der Waals surface area contributed by atoms with Crippen molar-refractivity contribution < 1.29 is 9.18 Å². The maximum atomic E-state index is 13.2. The van der Waals surface area contributed by atoms with Crippen LogP contribution in [-0.2, 0) is 11.3 Å². The SMILES string of the molecule is O=C(Cn1c(=O)[nH]c2cc(F)ccc21)Nc1ccccc1Br. The molecule has 112 valence electrons. The molecular weight excluding hydrogens is 353 g/mol. The summed E-state index contributed by atoms with van der Waals surface area (Å²) < 4.78 is 15.2. The summed E-state index contributed by atoms with van der Waals surface area (Å²) in [7, 11) is 0. The predicted molar refractivity (Wildman–Crippen MR) is 85.3 cm³/mol. The molecule has 22 heavy (non-hydrogen) atoms. The third-order valence-corrected chi connectivity index (χ3v) is 3.88. The van der Waals surface area contributed by atoms with Gasteiger partial charge in [0.2, 0.25) is 5.91 Å². The van der Waals surface area contributed by atoms with Crippen LogP contribution in [0.5, 0.6) is 0 Å². The number of nitrogens with one attached hydrogen (secondary N) is 2.